The van der Waals surface area contributed by atoms with Crippen LogP contribution in [0.3, 0.4) is 0 Å². The molecule has 0 saturated carbocycles. The highest BCUT2D eigenvalue weighted by Crippen LogP contribution is 2.18. The summed E-state index contributed by atoms with van der Waals surface area (Å²) >= 11 is 0. The molecule has 5 nitrogen and oxygen atoms in total. The van der Waals surface area contributed by atoms with E-state index in [1.54, 1.807) is 7.11 Å². The summed E-state index contributed by atoms with van der Waals surface area (Å²) in [6.07, 6.45) is 6.98. The number of rotatable bonds is 10. The van der Waals surface area contributed by atoms with E-state index in [0.29, 0.717) is 6.54 Å². The molecule has 1 aromatic carbocycles. The van der Waals surface area contributed by atoms with Gasteiger partial charge in [-0.2, -0.15) is 0 Å². The molecule has 0 amide bonds. The van der Waals surface area contributed by atoms with Crippen LogP contribution < -0.4 is 4.74 Å². The molecule has 1 aliphatic rings. The molecule has 1 heterocycles. The number of aliphatic hydroxyl groups is 1. The van der Waals surface area contributed by atoms with Crippen molar-refractivity contribution in [2.45, 2.75) is 31.6 Å². The molecule has 1 fully saturated rings. The molecule has 0 spiro atoms. The van der Waals surface area contributed by atoms with Gasteiger partial charge in [-0.05, 0) is 30.5 Å². The monoisotopic (exact) mass is 333 g/mol. The first-order valence-corrected chi connectivity index (χ1v) is 8.37. The fourth-order valence-electron chi connectivity index (χ4n) is 2.91. The zero-order valence-electron chi connectivity index (χ0n) is 14.3. The second kappa shape index (κ2) is 10.3. The van der Waals surface area contributed by atoms with Crippen LogP contribution in [0.15, 0.2) is 24.3 Å². The summed E-state index contributed by atoms with van der Waals surface area (Å²) in [5.74, 6) is 3.24. The van der Waals surface area contributed by atoms with Crippen molar-refractivity contribution in [3.05, 3.63) is 29.8 Å². The Morgan fingerprint density at radius 2 is 2.38 bits per heavy atom. The van der Waals surface area contributed by atoms with Gasteiger partial charge in [-0.15, -0.1) is 6.42 Å². The number of methoxy groups -OCH3 is 1. The van der Waals surface area contributed by atoms with Crippen molar-refractivity contribution in [2.75, 3.05) is 40.0 Å². The highest BCUT2D eigenvalue weighted by molar-refractivity contribution is 5.28. The molecule has 0 aliphatic carbocycles. The number of ether oxygens (including phenoxy) is 3. The lowest BCUT2D eigenvalue weighted by Crippen LogP contribution is -2.39. The largest absolute Gasteiger partial charge is 0.497 e. The van der Waals surface area contributed by atoms with Crippen molar-refractivity contribution < 1.29 is 19.3 Å². The maximum Gasteiger partial charge on any atom is 0.119 e. The van der Waals surface area contributed by atoms with E-state index in [0.717, 1.165) is 43.9 Å². The Bertz CT molecular complexity index is 522. The van der Waals surface area contributed by atoms with E-state index in [4.69, 9.17) is 20.6 Å². The Kier molecular flexibility index (Phi) is 8.06. The molecule has 0 aromatic heterocycles. The van der Waals surface area contributed by atoms with Gasteiger partial charge in [-0.25, -0.2) is 0 Å². The van der Waals surface area contributed by atoms with Gasteiger partial charge < -0.3 is 19.3 Å². The zero-order chi connectivity index (χ0) is 17.2. The van der Waals surface area contributed by atoms with Crippen LogP contribution in [0.4, 0.5) is 0 Å². The van der Waals surface area contributed by atoms with Crippen LogP contribution in [0, 0.1) is 12.3 Å². The van der Waals surface area contributed by atoms with Crippen LogP contribution in [0.5, 0.6) is 5.75 Å². The molecule has 1 aliphatic heterocycles. The summed E-state index contributed by atoms with van der Waals surface area (Å²) in [6.45, 7) is 3.32. The first-order valence-electron chi connectivity index (χ1n) is 8.37. The van der Waals surface area contributed by atoms with Crippen LogP contribution in [-0.2, 0) is 16.0 Å². The summed E-state index contributed by atoms with van der Waals surface area (Å²) < 4.78 is 16.3. The van der Waals surface area contributed by atoms with Gasteiger partial charge in [0.15, 0.2) is 0 Å². The number of terminal acetylenes is 1. The number of benzene rings is 1. The first kappa shape index (κ1) is 18.8. The predicted octanol–water partition coefficient (Wildman–Crippen LogP) is 1.69. The lowest BCUT2D eigenvalue weighted by Gasteiger charge is -2.27. The first-order chi connectivity index (χ1) is 11.7. The molecule has 0 bridgehead atoms. The minimum absolute atomic E-state index is 0.221. The average Bonchev–Trinajstić information content (AvgIpc) is 3.08. The smallest absolute Gasteiger partial charge is 0.119 e. The van der Waals surface area contributed by atoms with E-state index in [2.05, 4.69) is 16.9 Å². The highest BCUT2D eigenvalue weighted by atomic mass is 16.5. The summed E-state index contributed by atoms with van der Waals surface area (Å²) in [6, 6.07) is 7.98. The Morgan fingerprint density at radius 3 is 3.08 bits per heavy atom. The summed E-state index contributed by atoms with van der Waals surface area (Å²) in [5.41, 5.74) is 1.14. The van der Waals surface area contributed by atoms with Gasteiger partial charge in [0.2, 0.25) is 0 Å². The summed E-state index contributed by atoms with van der Waals surface area (Å²) in [4.78, 5) is 2.20. The molecular formula is C19H27NO4. The van der Waals surface area contributed by atoms with Gasteiger partial charge in [-0.1, -0.05) is 18.1 Å². The zero-order valence-corrected chi connectivity index (χ0v) is 14.3. The Balaban J connectivity index is 1.94. The molecule has 24 heavy (non-hydrogen) atoms. The molecule has 1 saturated heterocycles. The van der Waals surface area contributed by atoms with Gasteiger partial charge in [0, 0.05) is 26.2 Å². The predicted molar refractivity (Wildman–Crippen MR) is 92.9 cm³/mol. The number of hydrogen-bond acceptors (Lipinski definition) is 5. The average molecular weight is 333 g/mol. The number of hydrogen-bond donors (Lipinski definition) is 1. The van der Waals surface area contributed by atoms with Gasteiger partial charge in [-0.3, -0.25) is 4.90 Å². The molecule has 2 atom stereocenters. The van der Waals surface area contributed by atoms with Crippen LogP contribution in [0.1, 0.15) is 18.4 Å². The Morgan fingerprint density at radius 1 is 1.50 bits per heavy atom. The van der Waals surface area contributed by atoms with E-state index in [1.165, 1.54) is 0 Å². The van der Waals surface area contributed by atoms with E-state index < -0.39 is 6.10 Å². The van der Waals surface area contributed by atoms with Gasteiger partial charge >= 0.3 is 0 Å². The summed E-state index contributed by atoms with van der Waals surface area (Å²) in [5, 5.41) is 10.2. The van der Waals surface area contributed by atoms with E-state index in [1.807, 2.05) is 18.2 Å². The minimum atomic E-state index is -0.578. The normalized spacial score (nSPS) is 18.5. The van der Waals surface area contributed by atoms with E-state index in [9.17, 15) is 5.11 Å². The highest BCUT2D eigenvalue weighted by Gasteiger charge is 2.21. The molecule has 1 aromatic rings. The van der Waals surface area contributed by atoms with Gasteiger partial charge in [0.05, 0.1) is 25.9 Å². The van der Waals surface area contributed by atoms with Crippen molar-refractivity contribution in [2.24, 2.45) is 0 Å². The molecule has 5 heteroatoms. The Hall–Kier alpha value is -1.58. The van der Waals surface area contributed by atoms with E-state index in [-0.39, 0.29) is 19.3 Å². The van der Waals surface area contributed by atoms with Gasteiger partial charge in [0.1, 0.15) is 12.4 Å². The minimum Gasteiger partial charge on any atom is -0.497 e. The standard InChI is InChI=1S/C19H27NO4/c1-3-9-23-15-17(21)13-20(14-19-8-5-10-24-19)12-16-6-4-7-18(11-16)22-2/h1,4,6-7,11,17,19,21H,5,8-10,12-15H2,2H3/t17-,19-/m0/s1. The van der Waals surface area contributed by atoms with Crippen molar-refractivity contribution in [1.29, 1.82) is 0 Å². The van der Waals surface area contributed by atoms with Crippen LogP contribution in [0.2, 0.25) is 0 Å². The molecular weight excluding hydrogens is 306 g/mol. The summed E-state index contributed by atoms with van der Waals surface area (Å²) in [7, 11) is 1.66. The quantitative estimate of drug-likeness (QED) is 0.522. The molecule has 0 radical (unpaired) electrons. The van der Waals surface area contributed by atoms with Crippen molar-refractivity contribution in [3.8, 4) is 18.1 Å². The van der Waals surface area contributed by atoms with Crippen LogP contribution in [-0.4, -0.2) is 62.2 Å². The van der Waals surface area contributed by atoms with Crippen LogP contribution >= 0.6 is 0 Å². The molecule has 132 valence electrons. The number of aliphatic hydroxyl groups excluding tert-OH is 1. The molecule has 2 rings (SSSR count). The maximum atomic E-state index is 10.2. The molecule has 0 unspecified atom stereocenters. The lowest BCUT2D eigenvalue weighted by molar-refractivity contribution is 0.00954. The second-order valence-corrected chi connectivity index (χ2v) is 6.05. The maximum absolute atomic E-state index is 10.2. The SMILES string of the molecule is C#CCOC[C@@H](O)CN(Cc1cccc(OC)c1)C[C@@H]1CCCO1. The topological polar surface area (TPSA) is 51.2 Å². The fraction of sp³-hybridized carbons (Fsp3) is 0.579. The van der Waals surface area contributed by atoms with Crippen molar-refractivity contribution >= 4 is 0 Å². The fourth-order valence-corrected chi connectivity index (χ4v) is 2.91. The van der Waals surface area contributed by atoms with Crippen molar-refractivity contribution in [1.82, 2.24) is 4.90 Å². The third-order valence-electron chi connectivity index (χ3n) is 3.99. The van der Waals surface area contributed by atoms with E-state index >= 15 is 0 Å². The molecule has 1 N–H and O–H groups in total. The van der Waals surface area contributed by atoms with Crippen molar-refractivity contribution in [3.63, 3.8) is 0 Å². The third-order valence-corrected chi connectivity index (χ3v) is 3.99. The van der Waals surface area contributed by atoms with Crippen LogP contribution in [0.25, 0.3) is 0 Å². The Labute approximate surface area is 144 Å². The lowest BCUT2D eigenvalue weighted by atomic mass is 10.1. The third kappa shape index (κ3) is 6.50. The van der Waals surface area contributed by atoms with Gasteiger partial charge in [0.25, 0.3) is 0 Å². The second-order valence-electron chi connectivity index (χ2n) is 6.05. The number of nitrogens with zero attached hydrogens (tertiary/aromatic N) is 1.